The lowest BCUT2D eigenvalue weighted by atomic mass is 9.78. The summed E-state index contributed by atoms with van der Waals surface area (Å²) in [6.07, 6.45) is 2.34. The Kier molecular flexibility index (Phi) is 6.63. The van der Waals surface area contributed by atoms with Crippen molar-refractivity contribution in [1.82, 2.24) is 20.4 Å². The number of likely N-dealkylation sites (tertiary alicyclic amines) is 1. The molecule has 6 nitrogen and oxygen atoms in total. The second kappa shape index (κ2) is 9.61. The van der Waals surface area contributed by atoms with Crippen LogP contribution in [0.15, 0.2) is 54.6 Å². The Bertz CT molecular complexity index is 1120. The van der Waals surface area contributed by atoms with Gasteiger partial charge in [0.25, 0.3) is 0 Å². The second-order valence-electron chi connectivity index (χ2n) is 9.04. The van der Waals surface area contributed by atoms with Crippen LogP contribution < -0.4 is 5.32 Å². The number of amides is 2. The number of aromatic amines is 1. The molecule has 6 heteroatoms. The molecule has 2 N–H and O–H groups in total. The van der Waals surface area contributed by atoms with E-state index in [1.807, 2.05) is 49.1 Å². The maximum Gasteiger partial charge on any atom is 0.228 e. The first-order valence-electron chi connectivity index (χ1n) is 11.6. The number of carbonyl (C=O) groups is 2. The Labute approximate surface area is 195 Å². The summed E-state index contributed by atoms with van der Waals surface area (Å²) >= 11 is 0. The van der Waals surface area contributed by atoms with Gasteiger partial charge in [-0.05, 0) is 55.4 Å². The molecule has 172 valence electrons. The third kappa shape index (κ3) is 4.70. The van der Waals surface area contributed by atoms with Gasteiger partial charge in [0.05, 0.1) is 11.1 Å². The minimum Gasteiger partial charge on any atom is -0.359 e. The molecule has 2 heterocycles. The zero-order chi connectivity index (χ0) is 23.4. The SMILES string of the molecule is CNC(=O)C1(Cc2ccccc2-c2ccccc2)CCN(C(=O)CCc2c(C)n[nH]c2C)C1. The highest BCUT2D eigenvalue weighted by Crippen LogP contribution is 2.38. The van der Waals surface area contributed by atoms with Crippen molar-refractivity contribution >= 4 is 11.8 Å². The lowest BCUT2D eigenvalue weighted by Crippen LogP contribution is -2.44. The van der Waals surface area contributed by atoms with Gasteiger partial charge in [0.2, 0.25) is 11.8 Å². The smallest absolute Gasteiger partial charge is 0.228 e. The summed E-state index contributed by atoms with van der Waals surface area (Å²) in [6, 6.07) is 18.5. The number of H-pyrrole nitrogens is 1. The van der Waals surface area contributed by atoms with Gasteiger partial charge in [0.1, 0.15) is 0 Å². The fourth-order valence-electron chi connectivity index (χ4n) is 5.03. The first-order chi connectivity index (χ1) is 15.9. The molecule has 2 amide bonds. The topological polar surface area (TPSA) is 78.1 Å². The molecule has 0 spiro atoms. The van der Waals surface area contributed by atoms with Crippen LogP contribution in [0.25, 0.3) is 11.1 Å². The van der Waals surface area contributed by atoms with Crippen LogP contribution in [-0.2, 0) is 22.4 Å². The minimum atomic E-state index is -0.628. The van der Waals surface area contributed by atoms with Crippen molar-refractivity contribution in [2.45, 2.75) is 39.5 Å². The predicted molar refractivity (Wildman–Crippen MR) is 130 cm³/mol. The number of carbonyl (C=O) groups excluding carboxylic acids is 2. The van der Waals surface area contributed by atoms with Crippen molar-refractivity contribution in [3.63, 3.8) is 0 Å². The van der Waals surface area contributed by atoms with Gasteiger partial charge >= 0.3 is 0 Å². The van der Waals surface area contributed by atoms with E-state index < -0.39 is 5.41 Å². The second-order valence-corrected chi connectivity index (χ2v) is 9.04. The van der Waals surface area contributed by atoms with Crippen molar-refractivity contribution in [1.29, 1.82) is 0 Å². The number of rotatable bonds is 7. The number of benzene rings is 2. The van der Waals surface area contributed by atoms with Crippen LogP contribution in [0.4, 0.5) is 0 Å². The van der Waals surface area contributed by atoms with Gasteiger partial charge in [-0.25, -0.2) is 0 Å². The van der Waals surface area contributed by atoms with E-state index in [2.05, 4.69) is 39.8 Å². The molecule has 1 atom stereocenters. The molecule has 1 saturated heterocycles. The van der Waals surface area contributed by atoms with E-state index in [0.29, 0.717) is 38.8 Å². The van der Waals surface area contributed by atoms with Gasteiger partial charge in [0.15, 0.2) is 0 Å². The third-order valence-corrected chi connectivity index (χ3v) is 6.92. The fourth-order valence-corrected chi connectivity index (χ4v) is 5.03. The molecule has 1 aliphatic heterocycles. The molecule has 0 bridgehead atoms. The molecule has 1 unspecified atom stereocenters. The van der Waals surface area contributed by atoms with Gasteiger partial charge in [-0.1, -0.05) is 54.6 Å². The van der Waals surface area contributed by atoms with E-state index in [4.69, 9.17) is 0 Å². The van der Waals surface area contributed by atoms with Crippen LogP contribution >= 0.6 is 0 Å². The first-order valence-corrected chi connectivity index (χ1v) is 11.6. The average Bonchev–Trinajstić information content (AvgIpc) is 3.42. The lowest BCUT2D eigenvalue weighted by molar-refractivity contribution is -0.133. The van der Waals surface area contributed by atoms with Gasteiger partial charge in [-0.2, -0.15) is 5.10 Å². The molecule has 1 aromatic heterocycles. The highest BCUT2D eigenvalue weighted by atomic mass is 16.2. The summed E-state index contributed by atoms with van der Waals surface area (Å²) in [4.78, 5) is 28.1. The van der Waals surface area contributed by atoms with E-state index in [9.17, 15) is 9.59 Å². The van der Waals surface area contributed by atoms with E-state index in [1.165, 1.54) is 0 Å². The number of nitrogens with one attached hydrogen (secondary N) is 2. The normalized spacial score (nSPS) is 17.8. The van der Waals surface area contributed by atoms with Crippen molar-refractivity contribution in [2.75, 3.05) is 20.1 Å². The van der Waals surface area contributed by atoms with Crippen LogP contribution in [0.1, 0.15) is 35.4 Å². The van der Waals surface area contributed by atoms with Crippen LogP contribution in [0.5, 0.6) is 0 Å². The zero-order valence-electron chi connectivity index (χ0n) is 19.6. The van der Waals surface area contributed by atoms with E-state index in [-0.39, 0.29) is 11.8 Å². The van der Waals surface area contributed by atoms with E-state index >= 15 is 0 Å². The summed E-state index contributed by atoms with van der Waals surface area (Å²) in [5.41, 5.74) is 5.84. The quantitative estimate of drug-likeness (QED) is 0.581. The van der Waals surface area contributed by atoms with Crippen LogP contribution in [0.2, 0.25) is 0 Å². The Morgan fingerprint density at radius 1 is 1.09 bits per heavy atom. The van der Waals surface area contributed by atoms with Crippen LogP contribution in [-0.4, -0.2) is 47.0 Å². The molecule has 1 fully saturated rings. The average molecular weight is 445 g/mol. The maximum atomic E-state index is 13.1. The summed E-state index contributed by atoms with van der Waals surface area (Å²) in [5.74, 6) is 0.0966. The van der Waals surface area contributed by atoms with E-state index in [1.54, 1.807) is 7.05 Å². The molecule has 1 aliphatic rings. The largest absolute Gasteiger partial charge is 0.359 e. The molecule has 3 aromatic rings. The van der Waals surface area contributed by atoms with Crippen LogP contribution in [0.3, 0.4) is 0 Å². The van der Waals surface area contributed by atoms with E-state index in [0.717, 1.165) is 33.6 Å². The Balaban J connectivity index is 1.53. The molecular weight excluding hydrogens is 412 g/mol. The maximum absolute atomic E-state index is 13.1. The molecule has 4 rings (SSSR count). The number of hydrogen-bond acceptors (Lipinski definition) is 3. The van der Waals surface area contributed by atoms with Crippen molar-refractivity contribution < 1.29 is 9.59 Å². The highest BCUT2D eigenvalue weighted by Gasteiger charge is 2.45. The summed E-state index contributed by atoms with van der Waals surface area (Å²) < 4.78 is 0. The lowest BCUT2D eigenvalue weighted by Gasteiger charge is -2.28. The molecule has 0 aliphatic carbocycles. The van der Waals surface area contributed by atoms with Crippen LogP contribution in [0, 0.1) is 19.3 Å². The minimum absolute atomic E-state index is 0.00203. The van der Waals surface area contributed by atoms with Gasteiger partial charge < -0.3 is 10.2 Å². The van der Waals surface area contributed by atoms with Gasteiger partial charge in [-0.15, -0.1) is 0 Å². The van der Waals surface area contributed by atoms with Crippen molar-refractivity contribution in [3.05, 3.63) is 77.1 Å². The first kappa shape index (κ1) is 22.8. The van der Waals surface area contributed by atoms with Crippen molar-refractivity contribution in [3.8, 4) is 11.1 Å². The monoisotopic (exact) mass is 444 g/mol. The summed E-state index contributed by atoms with van der Waals surface area (Å²) in [5, 5.41) is 10.1. The number of nitrogens with zero attached hydrogens (tertiary/aromatic N) is 2. The molecular formula is C27H32N4O2. The molecule has 0 saturated carbocycles. The predicted octanol–water partition coefficient (Wildman–Crippen LogP) is 3.83. The van der Waals surface area contributed by atoms with Gasteiger partial charge in [0, 0.05) is 32.3 Å². The Hall–Kier alpha value is -3.41. The number of aryl methyl sites for hydroxylation is 2. The number of aromatic nitrogens is 2. The summed E-state index contributed by atoms with van der Waals surface area (Å²) in [6.45, 7) is 4.98. The van der Waals surface area contributed by atoms with Gasteiger partial charge in [-0.3, -0.25) is 14.7 Å². The summed E-state index contributed by atoms with van der Waals surface area (Å²) in [7, 11) is 1.68. The third-order valence-electron chi connectivity index (χ3n) is 6.92. The zero-order valence-corrected chi connectivity index (χ0v) is 19.6. The highest BCUT2D eigenvalue weighted by molar-refractivity contribution is 5.86. The van der Waals surface area contributed by atoms with Crippen molar-refractivity contribution in [2.24, 2.45) is 5.41 Å². The Morgan fingerprint density at radius 2 is 1.82 bits per heavy atom. The molecule has 2 aromatic carbocycles. The molecule has 0 radical (unpaired) electrons. The Morgan fingerprint density at radius 3 is 2.52 bits per heavy atom. The standard InChI is InChI=1S/C27H32N4O2/c1-19-23(20(2)30-29-19)13-14-25(32)31-16-15-27(18-31,26(33)28-3)17-22-11-7-8-12-24(22)21-9-5-4-6-10-21/h4-12H,13-18H2,1-3H3,(H,28,33)(H,29,30). The number of hydrogen-bond donors (Lipinski definition) is 2. The fraction of sp³-hybridized carbons (Fsp3) is 0.370. The molecule has 33 heavy (non-hydrogen) atoms.